The van der Waals surface area contributed by atoms with Crippen LogP contribution in [0.15, 0.2) is 45.4 Å². The maximum absolute atomic E-state index is 6.09. The van der Waals surface area contributed by atoms with Gasteiger partial charge in [-0.05, 0) is 37.5 Å². The van der Waals surface area contributed by atoms with Crippen molar-refractivity contribution in [3.05, 3.63) is 47.9 Å². The van der Waals surface area contributed by atoms with Crippen LogP contribution in [0.1, 0.15) is 24.2 Å². The molecule has 0 radical (unpaired) electrons. The van der Waals surface area contributed by atoms with Gasteiger partial charge in [-0.25, -0.2) is 0 Å². The van der Waals surface area contributed by atoms with E-state index in [0.717, 1.165) is 29.7 Å². The van der Waals surface area contributed by atoms with E-state index in [1.165, 1.54) is 29.6 Å². The van der Waals surface area contributed by atoms with Crippen molar-refractivity contribution < 1.29 is 8.83 Å². The highest BCUT2D eigenvalue weighted by atomic mass is 16.3. The van der Waals surface area contributed by atoms with Gasteiger partial charge >= 0.3 is 0 Å². The molecule has 3 aromatic rings. The first-order valence-electron chi connectivity index (χ1n) is 6.50. The van der Waals surface area contributed by atoms with Crippen molar-refractivity contribution in [1.82, 2.24) is 0 Å². The van der Waals surface area contributed by atoms with E-state index in [1.807, 2.05) is 12.1 Å². The lowest BCUT2D eigenvalue weighted by molar-refractivity contribution is 0.505. The van der Waals surface area contributed by atoms with Crippen molar-refractivity contribution in [2.45, 2.75) is 25.7 Å². The molecule has 0 unspecified atom stereocenters. The highest BCUT2D eigenvalue weighted by Crippen LogP contribution is 2.37. The van der Waals surface area contributed by atoms with E-state index in [4.69, 9.17) is 8.83 Å². The molecule has 0 saturated heterocycles. The molecule has 1 aromatic carbocycles. The van der Waals surface area contributed by atoms with Crippen molar-refractivity contribution in [3.63, 3.8) is 0 Å². The molecule has 90 valence electrons. The third-order valence-electron chi connectivity index (χ3n) is 3.77. The minimum Gasteiger partial charge on any atom is -0.464 e. The predicted octanol–water partition coefficient (Wildman–Crippen LogP) is 4.57. The topological polar surface area (TPSA) is 26.3 Å². The Morgan fingerprint density at radius 3 is 2.78 bits per heavy atom. The van der Waals surface area contributed by atoms with Gasteiger partial charge < -0.3 is 8.83 Å². The summed E-state index contributed by atoms with van der Waals surface area (Å²) in [7, 11) is 0. The number of aryl methyl sites for hydroxylation is 2. The lowest BCUT2D eigenvalue weighted by Gasteiger charge is -2.08. The summed E-state index contributed by atoms with van der Waals surface area (Å²) in [6.07, 6.45) is 6.43. The molecular formula is C16H14O2. The van der Waals surface area contributed by atoms with Crippen molar-refractivity contribution in [2.75, 3.05) is 0 Å². The van der Waals surface area contributed by atoms with E-state index in [0.29, 0.717) is 0 Å². The molecule has 0 N–H and O–H groups in total. The minimum atomic E-state index is 0.881. The Bertz CT molecular complexity index is 689. The Morgan fingerprint density at radius 1 is 0.944 bits per heavy atom. The standard InChI is InChI=1S/C16H14O2/c1-2-8-15-11(5-1)12-6-3-7-13(16(12)18-15)14-9-4-10-17-14/h3-4,6-7,9-10H,1-2,5,8H2. The zero-order chi connectivity index (χ0) is 11.9. The first-order chi connectivity index (χ1) is 8.93. The maximum atomic E-state index is 6.09. The van der Waals surface area contributed by atoms with Crippen LogP contribution in [-0.4, -0.2) is 0 Å². The molecule has 0 amide bonds. The van der Waals surface area contributed by atoms with Crippen LogP contribution in [-0.2, 0) is 12.8 Å². The fourth-order valence-electron chi connectivity index (χ4n) is 2.91. The van der Waals surface area contributed by atoms with Crippen LogP contribution in [0.4, 0.5) is 0 Å². The summed E-state index contributed by atoms with van der Waals surface area (Å²) in [5, 5.41) is 1.26. The smallest absolute Gasteiger partial charge is 0.145 e. The van der Waals surface area contributed by atoms with Crippen LogP contribution in [0, 0.1) is 0 Å². The summed E-state index contributed by atoms with van der Waals surface area (Å²) in [5.74, 6) is 2.06. The largest absolute Gasteiger partial charge is 0.464 e. The average molecular weight is 238 g/mol. The summed E-state index contributed by atoms with van der Waals surface area (Å²) >= 11 is 0. The summed E-state index contributed by atoms with van der Waals surface area (Å²) in [6, 6.07) is 10.2. The Labute approximate surface area is 105 Å². The zero-order valence-corrected chi connectivity index (χ0v) is 10.1. The van der Waals surface area contributed by atoms with Crippen LogP contribution in [0.3, 0.4) is 0 Å². The molecule has 2 heterocycles. The van der Waals surface area contributed by atoms with Gasteiger partial charge in [-0.2, -0.15) is 0 Å². The van der Waals surface area contributed by atoms with Crippen LogP contribution >= 0.6 is 0 Å². The molecule has 1 aliphatic rings. The molecule has 0 fully saturated rings. The molecule has 4 rings (SSSR count). The van der Waals surface area contributed by atoms with E-state index < -0.39 is 0 Å². The molecular weight excluding hydrogens is 224 g/mol. The molecule has 0 spiro atoms. The van der Waals surface area contributed by atoms with Crippen molar-refractivity contribution in [1.29, 1.82) is 0 Å². The van der Waals surface area contributed by atoms with E-state index in [2.05, 4.69) is 18.2 Å². The fourth-order valence-corrected chi connectivity index (χ4v) is 2.91. The monoisotopic (exact) mass is 238 g/mol. The number of fused-ring (bicyclic) bond motifs is 3. The van der Waals surface area contributed by atoms with E-state index in [-0.39, 0.29) is 0 Å². The number of rotatable bonds is 1. The van der Waals surface area contributed by atoms with Crippen LogP contribution in [0.25, 0.3) is 22.3 Å². The molecule has 0 atom stereocenters. The Hall–Kier alpha value is -1.96. The van der Waals surface area contributed by atoms with Crippen LogP contribution < -0.4 is 0 Å². The van der Waals surface area contributed by atoms with Crippen LogP contribution in [0.5, 0.6) is 0 Å². The number of hydrogen-bond donors (Lipinski definition) is 0. The molecule has 2 nitrogen and oxygen atoms in total. The lowest BCUT2D eigenvalue weighted by atomic mass is 9.95. The third kappa shape index (κ3) is 1.35. The van der Waals surface area contributed by atoms with Gasteiger partial charge in [0, 0.05) is 17.4 Å². The molecule has 0 aliphatic heterocycles. The highest BCUT2D eigenvalue weighted by Gasteiger charge is 2.20. The predicted molar refractivity (Wildman–Crippen MR) is 70.6 cm³/mol. The Morgan fingerprint density at radius 2 is 1.89 bits per heavy atom. The zero-order valence-electron chi connectivity index (χ0n) is 10.1. The first kappa shape index (κ1) is 10.0. The number of hydrogen-bond acceptors (Lipinski definition) is 2. The summed E-state index contributed by atoms with van der Waals surface area (Å²) in [5.41, 5.74) is 3.45. The van der Waals surface area contributed by atoms with Gasteiger partial charge in [-0.15, -0.1) is 0 Å². The Balaban J connectivity index is 2.02. The molecule has 2 heteroatoms. The van der Waals surface area contributed by atoms with Crippen LogP contribution in [0.2, 0.25) is 0 Å². The average Bonchev–Trinajstić information content (AvgIpc) is 3.05. The third-order valence-corrected chi connectivity index (χ3v) is 3.77. The van der Waals surface area contributed by atoms with Gasteiger partial charge in [0.1, 0.15) is 17.1 Å². The van der Waals surface area contributed by atoms with E-state index in [9.17, 15) is 0 Å². The number of furan rings is 2. The summed E-state index contributed by atoms with van der Waals surface area (Å²) in [4.78, 5) is 0. The van der Waals surface area contributed by atoms with Gasteiger partial charge in [-0.1, -0.05) is 12.1 Å². The van der Waals surface area contributed by atoms with Gasteiger partial charge in [0.05, 0.1) is 11.8 Å². The van der Waals surface area contributed by atoms with Gasteiger partial charge in [0.15, 0.2) is 0 Å². The van der Waals surface area contributed by atoms with Gasteiger partial charge in [0.25, 0.3) is 0 Å². The second kappa shape index (κ2) is 3.77. The molecule has 2 aromatic heterocycles. The molecule has 0 saturated carbocycles. The quantitative estimate of drug-likeness (QED) is 0.620. The van der Waals surface area contributed by atoms with Crippen molar-refractivity contribution in [3.8, 4) is 11.3 Å². The normalized spacial score (nSPS) is 14.9. The minimum absolute atomic E-state index is 0.881. The lowest BCUT2D eigenvalue weighted by Crippen LogP contribution is -1.98. The van der Waals surface area contributed by atoms with E-state index in [1.54, 1.807) is 6.26 Å². The SMILES string of the molecule is c1coc(-c2cccc3c4c(oc23)CCCC4)c1. The molecule has 0 bridgehead atoms. The number of benzene rings is 1. The van der Waals surface area contributed by atoms with E-state index >= 15 is 0 Å². The summed E-state index contributed by atoms with van der Waals surface area (Å²) in [6.45, 7) is 0. The second-order valence-corrected chi connectivity index (χ2v) is 4.87. The summed E-state index contributed by atoms with van der Waals surface area (Å²) < 4.78 is 11.6. The first-order valence-corrected chi connectivity index (χ1v) is 6.50. The van der Waals surface area contributed by atoms with Gasteiger partial charge in [-0.3, -0.25) is 0 Å². The molecule has 18 heavy (non-hydrogen) atoms. The highest BCUT2D eigenvalue weighted by molar-refractivity contribution is 5.94. The van der Waals surface area contributed by atoms with Gasteiger partial charge in [0.2, 0.25) is 0 Å². The number of para-hydroxylation sites is 1. The maximum Gasteiger partial charge on any atom is 0.145 e. The van der Waals surface area contributed by atoms with Crippen molar-refractivity contribution >= 4 is 11.0 Å². The second-order valence-electron chi connectivity index (χ2n) is 4.87. The fraction of sp³-hybridized carbons (Fsp3) is 0.250. The molecule has 1 aliphatic carbocycles. The Kier molecular flexibility index (Phi) is 2.10. The van der Waals surface area contributed by atoms with Crippen molar-refractivity contribution in [2.24, 2.45) is 0 Å².